The molecule has 6 heteroatoms. The Morgan fingerprint density at radius 3 is 3.00 bits per heavy atom. The fourth-order valence-electron chi connectivity index (χ4n) is 1.47. The van der Waals surface area contributed by atoms with E-state index in [1.807, 2.05) is 29.6 Å². The molecule has 1 aromatic heterocycles. The molecule has 1 atom stereocenters. The average molecular weight is 327 g/mol. The quantitative estimate of drug-likeness (QED) is 0.905. The van der Waals surface area contributed by atoms with Crippen LogP contribution < -0.4 is 5.73 Å². The fourth-order valence-corrected chi connectivity index (χ4v) is 2.70. The van der Waals surface area contributed by atoms with Crippen molar-refractivity contribution < 1.29 is 9.90 Å². The van der Waals surface area contributed by atoms with Crippen molar-refractivity contribution in [1.29, 1.82) is 0 Å². The van der Waals surface area contributed by atoms with Gasteiger partial charge in [-0.05, 0) is 12.1 Å². The molecule has 0 aliphatic rings. The summed E-state index contributed by atoms with van der Waals surface area (Å²) in [7, 11) is 0. The van der Waals surface area contributed by atoms with E-state index in [-0.39, 0.29) is 6.42 Å². The predicted molar refractivity (Wildman–Crippen MR) is 74.6 cm³/mol. The topological polar surface area (TPSA) is 76.2 Å². The smallest absolute Gasteiger partial charge is 0.320 e. The molecule has 0 amide bonds. The number of nitrogens with two attached hydrogens (primary N) is 1. The van der Waals surface area contributed by atoms with Gasteiger partial charge in [0.1, 0.15) is 11.0 Å². The van der Waals surface area contributed by atoms with Crippen LogP contribution in [0.5, 0.6) is 0 Å². The van der Waals surface area contributed by atoms with E-state index in [9.17, 15) is 4.79 Å². The summed E-state index contributed by atoms with van der Waals surface area (Å²) >= 11 is 4.89. The molecule has 2 aromatic rings. The van der Waals surface area contributed by atoms with E-state index >= 15 is 0 Å². The molecule has 0 aliphatic heterocycles. The van der Waals surface area contributed by atoms with Crippen LogP contribution in [0.25, 0.3) is 10.6 Å². The Kier molecular flexibility index (Phi) is 4.11. The van der Waals surface area contributed by atoms with E-state index in [2.05, 4.69) is 20.9 Å². The molecule has 0 bridgehead atoms. The fraction of sp³-hybridized carbons (Fsp3) is 0.167. The first-order chi connectivity index (χ1) is 8.56. The average Bonchev–Trinajstić information content (AvgIpc) is 2.77. The molecular weight excluding hydrogens is 316 g/mol. The Morgan fingerprint density at radius 1 is 1.56 bits per heavy atom. The minimum atomic E-state index is -1.01. The normalized spacial score (nSPS) is 12.3. The minimum Gasteiger partial charge on any atom is -0.480 e. The van der Waals surface area contributed by atoms with E-state index in [4.69, 9.17) is 10.8 Å². The second kappa shape index (κ2) is 5.60. The Morgan fingerprint density at radius 2 is 2.33 bits per heavy atom. The van der Waals surface area contributed by atoms with Crippen LogP contribution in [0.4, 0.5) is 0 Å². The zero-order chi connectivity index (χ0) is 13.1. The number of carboxylic acids is 1. The van der Waals surface area contributed by atoms with Gasteiger partial charge >= 0.3 is 5.97 Å². The predicted octanol–water partition coefficient (Wildman–Crippen LogP) is 2.53. The third kappa shape index (κ3) is 3.16. The summed E-state index contributed by atoms with van der Waals surface area (Å²) in [5.41, 5.74) is 7.20. The zero-order valence-corrected chi connectivity index (χ0v) is 11.7. The number of carbonyl (C=O) groups is 1. The van der Waals surface area contributed by atoms with Gasteiger partial charge in [-0.1, -0.05) is 28.1 Å². The van der Waals surface area contributed by atoms with Crippen molar-refractivity contribution in [3.05, 3.63) is 39.8 Å². The van der Waals surface area contributed by atoms with Crippen molar-refractivity contribution >= 4 is 33.2 Å². The maximum atomic E-state index is 10.7. The molecular formula is C12H11BrN2O2S. The largest absolute Gasteiger partial charge is 0.480 e. The highest BCUT2D eigenvalue weighted by atomic mass is 79.9. The summed E-state index contributed by atoms with van der Waals surface area (Å²) in [4.78, 5) is 15.1. The van der Waals surface area contributed by atoms with E-state index < -0.39 is 12.0 Å². The van der Waals surface area contributed by atoms with Crippen molar-refractivity contribution in [2.24, 2.45) is 5.73 Å². The number of hydrogen-bond donors (Lipinski definition) is 2. The van der Waals surface area contributed by atoms with Crippen molar-refractivity contribution in [3.63, 3.8) is 0 Å². The molecule has 0 fully saturated rings. The lowest BCUT2D eigenvalue weighted by molar-refractivity contribution is -0.138. The first-order valence-electron chi connectivity index (χ1n) is 5.25. The van der Waals surface area contributed by atoms with Crippen LogP contribution in [0, 0.1) is 0 Å². The Hall–Kier alpha value is -1.24. The molecule has 0 saturated carbocycles. The maximum Gasteiger partial charge on any atom is 0.320 e. The highest BCUT2D eigenvalue weighted by Crippen LogP contribution is 2.26. The third-order valence-electron chi connectivity index (χ3n) is 2.37. The van der Waals surface area contributed by atoms with Gasteiger partial charge in [0.2, 0.25) is 0 Å². The van der Waals surface area contributed by atoms with Gasteiger partial charge in [-0.25, -0.2) is 4.98 Å². The molecule has 3 N–H and O–H groups in total. The van der Waals surface area contributed by atoms with Crippen LogP contribution in [0.15, 0.2) is 34.1 Å². The van der Waals surface area contributed by atoms with Gasteiger partial charge in [-0.3, -0.25) is 4.79 Å². The van der Waals surface area contributed by atoms with Gasteiger partial charge in [0.25, 0.3) is 0 Å². The second-order valence-corrected chi connectivity index (χ2v) is 5.58. The Bertz CT molecular complexity index is 571. The molecule has 0 radical (unpaired) electrons. The number of nitrogens with zero attached hydrogens (tertiary/aromatic N) is 1. The Labute approximate surface area is 117 Å². The first kappa shape index (κ1) is 13.2. The van der Waals surface area contributed by atoms with Crippen LogP contribution in [-0.4, -0.2) is 22.1 Å². The summed E-state index contributed by atoms with van der Waals surface area (Å²) in [6, 6.07) is 6.91. The molecule has 0 saturated heterocycles. The van der Waals surface area contributed by atoms with Gasteiger partial charge in [0.05, 0.1) is 5.69 Å². The lowest BCUT2D eigenvalue weighted by atomic mass is 10.2. The molecule has 94 valence electrons. The van der Waals surface area contributed by atoms with Gasteiger partial charge in [0.15, 0.2) is 0 Å². The minimum absolute atomic E-state index is 0.250. The molecule has 0 spiro atoms. The lowest BCUT2D eigenvalue weighted by Crippen LogP contribution is -2.32. The number of aromatic nitrogens is 1. The summed E-state index contributed by atoms with van der Waals surface area (Å²) in [6.45, 7) is 0. The number of thiazole rings is 1. The summed E-state index contributed by atoms with van der Waals surface area (Å²) < 4.78 is 0.985. The monoisotopic (exact) mass is 326 g/mol. The zero-order valence-electron chi connectivity index (χ0n) is 9.34. The van der Waals surface area contributed by atoms with E-state index in [0.29, 0.717) is 5.69 Å². The number of hydrogen-bond acceptors (Lipinski definition) is 4. The number of carboxylic acid groups (broad SMARTS) is 1. The number of benzene rings is 1. The summed E-state index contributed by atoms with van der Waals surface area (Å²) in [5.74, 6) is -1.01. The van der Waals surface area contributed by atoms with Crippen LogP contribution in [0.1, 0.15) is 5.69 Å². The van der Waals surface area contributed by atoms with E-state index in [1.165, 1.54) is 11.3 Å². The third-order valence-corrected chi connectivity index (χ3v) is 3.80. The van der Waals surface area contributed by atoms with Gasteiger partial charge in [0, 0.05) is 21.8 Å². The van der Waals surface area contributed by atoms with Crippen LogP contribution >= 0.6 is 27.3 Å². The second-order valence-electron chi connectivity index (χ2n) is 3.80. The number of halogens is 1. The summed E-state index contributed by atoms with van der Waals surface area (Å²) in [5, 5.41) is 11.5. The highest BCUT2D eigenvalue weighted by Gasteiger charge is 2.14. The van der Waals surface area contributed by atoms with Crippen molar-refractivity contribution in [2.75, 3.05) is 0 Å². The molecule has 1 aromatic carbocycles. The van der Waals surface area contributed by atoms with Crippen molar-refractivity contribution in [3.8, 4) is 10.6 Å². The number of aliphatic carboxylic acids is 1. The van der Waals surface area contributed by atoms with E-state index in [0.717, 1.165) is 15.0 Å². The SMILES string of the molecule is NC(Cc1csc(-c2cccc(Br)c2)n1)C(=O)O. The number of rotatable bonds is 4. The molecule has 18 heavy (non-hydrogen) atoms. The highest BCUT2D eigenvalue weighted by molar-refractivity contribution is 9.10. The van der Waals surface area contributed by atoms with Crippen molar-refractivity contribution in [1.82, 2.24) is 4.98 Å². The molecule has 1 heterocycles. The maximum absolute atomic E-state index is 10.7. The lowest BCUT2D eigenvalue weighted by Gasteiger charge is -2.02. The molecule has 1 unspecified atom stereocenters. The van der Waals surface area contributed by atoms with Crippen LogP contribution in [-0.2, 0) is 11.2 Å². The van der Waals surface area contributed by atoms with Crippen LogP contribution in [0.2, 0.25) is 0 Å². The van der Waals surface area contributed by atoms with Gasteiger partial charge in [-0.2, -0.15) is 0 Å². The summed E-state index contributed by atoms with van der Waals surface area (Å²) in [6.07, 6.45) is 0.250. The van der Waals surface area contributed by atoms with Crippen LogP contribution in [0.3, 0.4) is 0 Å². The first-order valence-corrected chi connectivity index (χ1v) is 6.92. The standard InChI is InChI=1S/C12H11BrN2O2S/c13-8-3-1-2-7(4-8)11-15-9(6-18-11)5-10(14)12(16)17/h1-4,6,10H,5,14H2,(H,16,17). The molecule has 2 rings (SSSR count). The van der Waals surface area contributed by atoms with E-state index in [1.54, 1.807) is 0 Å². The van der Waals surface area contributed by atoms with Gasteiger partial charge < -0.3 is 10.8 Å². The van der Waals surface area contributed by atoms with Gasteiger partial charge in [-0.15, -0.1) is 11.3 Å². The molecule has 0 aliphatic carbocycles. The Balaban J connectivity index is 2.18. The molecule has 4 nitrogen and oxygen atoms in total. The van der Waals surface area contributed by atoms with Crippen molar-refractivity contribution in [2.45, 2.75) is 12.5 Å².